The van der Waals surface area contributed by atoms with Gasteiger partial charge in [0.05, 0.1) is 16.6 Å². The summed E-state index contributed by atoms with van der Waals surface area (Å²) in [6, 6.07) is 16.1. The Hall–Kier alpha value is -3.74. The molecule has 0 aliphatic rings. The highest BCUT2D eigenvalue weighted by molar-refractivity contribution is 6.03. The van der Waals surface area contributed by atoms with Crippen molar-refractivity contribution < 1.29 is 4.79 Å². The maximum Gasteiger partial charge on any atom is 0.275 e. The second-order valence-electron chi connectivity index (χ2n) is 5.37. The van der Waals surface area contributed by atoms with Crippen molar-refractivity contribution in [3.8, 4) is 5.69 Å². The number of pyridine rings is 2. The average molecular weight is 331 g/mol. The molecule has 3 aromatic heterocycles. The third-order valence-electron chi connectivity index (χ3n) is 3.73. The molecular weight excluding hydrogens is 318 g/mol. The molecule has 0 radical (unpaired) electrons. The molecule has 1 aromatic carbocycles. The van der Waals surface area contributed by atoms with Crippen LogP contribution in [0.3, 0.4) is 0 Å². The number of fused-ring (bicyclic) bond motifs is 1. The van der Waals surface area contributed by atoms with Gasteiger partial charge in [0.25, 0.3) is 11.5 Å². The molecule has 0 spiro atoms. The maximum absolute atomic E-state index is 12.2. The molecule has 2 N–H and O–H groups in total. The van der Waals surface area contributed by atoms with E-state index in [0.29, 0.717) is 22.4 Å². The zero-order valence-corrected chi connectivity index (χ0v) is 13.0. The number of carbonyl (C=O) groups excluding carboxylic acids is 1. The van der Waals surface area contributed by atoms with Gasteiger partial charge in [0.2, 0.25) is 0 Å². The highest BCUT2D eigenvalue weighted by Gasteiger charge is 2.12. The molecule has 0 aliphatic heterocycles. The molecule has 0 aliphatic carbocycles. The number of carbonyl (C=O) groups is 1. The van der Waals surface area contributed by atoms with Crippen molar-refractivity contribution in [2.45, 2.75) is 0 Å². The van der Waals surface area contributed by atoms with E-state index in [1.165, 1.54) is 6.20 Å². The van der Waals surface area contributed by atoms with Gasteiger partial charge < -0.3 is 5.32 Å². The highest BCUT2D eigenvalue weighted by atomic mass is 16.2. The Morgan fingerprint density at radius 2 is 1.84 bits per heavy atom. The van der Waals surface area contributed by atoms with Gasteiger partial charge in [-0.05, 0) is 24.3 Å². The van der Waals surface area contributed by atoms with Crippen LogP contribution in [0.25, 0.3) is 16.6 Å². The summed E-state index contributed by atoms with van der Waals surface area (Å²) in [5.74, 6) is -0.0246. The first-order valence-electron chi connectivity index (χ1n) is 7.61. The Bertz CT molecular complexity index is 1100. The highest BCUT2D eigenvalue weighted by Crippen LogP contribution is 2.18. The van der Waals surface area contributed by atoms with E-state index in [1.54, 1.807) is 35.1 Å². The minimum atomic E-state index is -0.364. The summed E-state index contributed by atoms with van der Waals surface area (Å²) < 4.78 is 1.66. The van der Waals surface area contributed by atoms with Crippen LogP contribution >= 0.6 is 0 Å². The van der Waals surface area contributed by atoms with Crippen molar-refractivity contribution in [1.82, 2.24) is 19.7 Å². The number of para-hydroxylation sites is 1. The summed E-state index contributed by atoms with van der Waals surface area (Å²) in [6.45, 7) is 0. The molecule has 25 heavy (non-hydrogen) atoms. The van der Waals surface area contributed by atoms with Gasteiger partial charge >= 0.3 is 0 Å². The van der Waals surface area contributed by atoms with E-state index < -0.39 is 0 Å². The van der Waals surface area contributed by atoms with Gasteiger partial charge in [-0.3, -0.25) is 24.4 Å². The third kappa shape index (κ3) is 2.78. The third-order valence-corrected chi connectivity index (χ3v) is 3.73. The summed E-state index contributed by atoms with van der Waals surface area (Å²) in [7, 11) is 0. The lowest BCUT2D eigenvalue weighted by atomic mass is 10.3. The van der Waals surface area contributed by atoms with Crippen molar-refractivity contribution in [2.75, 3.05) is 5.32 Å². The lowest BCUT2D eigenvalue weighted by Crippen LogP contribution is -2.14. The number of rotatable bonds is 3. The Morgan fingerprint density at radius 1 is 1.04 bits per heavy atom. The van der Waals surface area contributed by atoms with Crippen molar-refractivity contribution >= 4 is 22.6 Å². The Balaban J connectivity index is 1.75. The van der Waals surface area contributed by atoms with Crippen molar-refractivity contribution in [3.63, 3.8) is 0 Å². The number of aromatic nitrogens is 4. The topological polar surface area (TPSA) is 92.7 Å². The molecule has 7 nitrogen and oxygen atoms in total. The molecule has 0 atom stereocenters. The summed E-state index contributed by atoms with van der Waals surface area (Å²) >= 11 is 0. The van der Waals surface area contributed by atoms with Crippen LogP contribution < -0.4 is 10.9 Å². The van der Waals surface area contributed by atoms with Crippen LogP contribution in [0, 0.1) is 0 Å². The lowest BCUT2D eigenvalue weighted by Gasteiger charge is -2.06. The number of hydrogen-bond donors (Lipinski definition) is 2. The molecular formula is C18H13N5O2. The quantitative estimate of drug-likeness (QED) is 0.603. The molecule has 0 unspecified atom stereocenters. The monoisotopic (exact) mass is 331 g/mol. The number of nitrogens with zero attached hydrogens (tertiary/aromatic N) is 3. The van der Waals surface area contributed by atoms with Crippen molar-refractivity contribution in [3.05, 3.63) is 83.0 Å². The summed E-state index contributed by atoms with van der Waals surface area (Å²) in [4.78, 5) is 32.5. The smallest absolute Gasteiger partial charge is 0.275 e. The molecule has 0 fully saturated rings. The number of nitrogens with one attached hydrogen (secondary N) is 2. The summed E-state index contributed by atoms with van der Waals surface area (Å²) in [6.07, 6.45) is 2.99. The molecule has 0 saturated carbocycles. The van der Waals surface area contributed by atoms with Crippen LogP contribution in [-0.4, -0.2) is 25.7 Å². The minimum Gasteiger partial charge on any atom is -0.305 e. The van der Waals surface area contributed by atoms with Crippen LogP contribution in [0.4, 0.5) is 5.82 Å². The fraction of sp³-hybridized carbons (Fsp3) is 0. The normalized spacial score (nSPS) is 10.7. The zero-order chi connectivity index (χ0) is 17.2. The lowest BCUT2D eigenvalue weighted by molar-refractivity contribution is 0.102. The van der Waals surface area contributed by atoms with Crippen LogP contribution in [0.5, 0.6) is 0 Å². The Labute approximate surface area is 142 Å². The van der Waals surface area contributed by atoms with E-state index >= 15 is 0 Å². The van der Waals surface area contributed by atoms with Gasteiger partial charge in [-0.2, -0.15) is 0 Å². The zero-order valence-electron chi connectivity index (χ0n) is 13.0. The Kier molecular flexibility index (Phi) is 3.59. The number of amides is 1. The summed E-state index contributed by atoms with van der Waals surface area (Å²) in [5.41, 5.74) is 1.48. The molecule has 4 rings (SSSR count). The second-order valence-corrected chi connectivity index (χ2v) is 5.37. The van der Waals surface area contributed by atoms with Gasteiger partial charge in [0, 0.05) is 18.5 Å². The first kappa shape index (κ1) is 14.8. The van der Waals surface area contributed by atoms with E-state index in [2.05, 4.69) is 20.4 Å². The van der Waals surface area contributed by atoms with E-state index in [0.717, 1.165) is 5.69 Å². The largest absolute Gasteiger partial charge is 0.305 e. The molecule has 3 heterocycles. The van der Waals surface area contributed by atoms with Crippen molar-refractivity contribution in [1.29, 1.82) is 0 Å². The molecule has 4 aromatic rings. The molecule has 7 heteroatoms. The molecule has 1 amide bonds. The van der Waals surface area contributed by atoms with E-state index in [-0.39, 0.29) is 11.5 Å². The first-order valence-corrected chi connectivity index (χ1v) is 7.61. The van der Waals surface area contributed by atoms with Crippen LogP contribution in [-0.2, 0) is 0 Å². The number of hydrogen-bond acceptors (Lipinski definition) is 4. The second kappa shape index (κ2) is 6.04. The first-order chi connectivity index (χ1) is 12.2. The van der Waals surface area contributed by atoms with Gasteiger partial charge in [-0.25, -0.2) is 4.98 Å². The summed E-state index contributed by atoms with van der Waals surface area (Å²) in [5, 5.41) is 5.92. The predicted octanol–water partition coefficient (Wildman–Crippen LogP) is 2.36. The van der Waals surface area contributed by atoms with Gasteiger partial charge in [0.1, 0.15) is 11.5 Å². The van der Waals surface area contributed by atoms with Gasteiger partial charge in [-0.1, -0.05) is 24.3 Å². The van der Waals surface area contributed by atoms with E-state index in [1.807, 2.05) is 30.3 Å². The average Bonchev–Trinajstić information content (AvgIpc) is 2.99. The van der Waals surface area contributed by atoms with E-state index in [4.69, 9.17) is 0 Å². The number of anilines is 1. The number of aromatic amines is 1. The van der Waals surface area contributed by atoms with Crippen LogP contribution in [0.2, 0.25) is 0 Å². The molecule has 0 bridgehead atoms. The van der Waals surface area contributed by atoms with Gasteiger partial charge in [-0.15, -0.1) is 0 Å². The van der Waals surface area contributed by atoms with Crippen molar-refractivity contribution in [2.24, 2.45) is 0 Å². The number of benzene rings is 1. The Morgan fingerprint density at radius 3 is 2.60 bits per heavy atom. The SMILES string of the molecule is O=C(Nc1cc2c(cn1)c(=O)[nH]n2-c1ccccc1)c1ccccn1. The van der Waals surface area contributed by atoms with Crippen LogP contribution in [0.15, 0.2) is 71.8 Å². The van der Waals surface area contributed by atoms with E-state index in [9.17, 15) is 9.59 Å². The molecule has 122 valence electrons. The standard InChI is InChI=1S/C18H13N5O2/c24-17-13-11-20-16(21-18(25)14-8-4-5-9-19-14)10-15(13)23(22-17)12-6-2-1-3-7-12/h1-11H,(H,22,24)(H,20,21,25). The predicted molar refractivity (Wildman–Crippen MR) is 93.9 cm³/mol. The van der Waals surface area contributed by atoms with Crippen LogP contribution in [0.1, 0.15) is 10.5 Å². The van der Waals surface area contributed by atoms with Gasteiger partial charge in [0.15, 0.2) is 0 Å². The minimum absolute atomic E-state index is 0.242. The number of H-pyrrole nitrogens is 1. The fourth-order valence-corrected chi connectivity index (χ4v) is 2.55. The fourth-order valence-electron chi connectivity index (χ4n) is 2.55. The maximum atomic E-state index is 12.2. The molecule has 0 saturated heterocycles.